The normalized spacial score (nSPS) is 17.2. The number of thiophene rings is 1. The van der Waals surface area contributed by atoms with Gasteiger partial charge in [0.1, 0.15) is 11.1 Å². The van der Waals surface area contributed by atoms with Crippen molar-refractivity contribution >= 4 is 48.2 Å². The van der Waals surface area contributed by atoms with Crippen LogP contribution in [0.2, 0.25) is 0 Å². The molecule has 30 heavy (non-hydrogen) atoms. The van der Waals surface area contributed by atoms with E-state index in [1.165, 1.54) is 21.7 Å². The minimum Gasteiger partial charge on any atom is -0.312 e. The highest BCUT2D eigenvalue weighted by atomic mass is 79.9. The number of carbonyl (C=O) groups excluding carboxylic acids is 1. The lowest BCUT2D eigenvalue weighted by Crippen LogP contribution is -2.35. The van der Waals surface area contributed by atoms with Gasteiger partial charge in [0.2, 0.25) is 10.0 Å². The Hall–Kier alpha value is -1.73. The minimum absolute atomic E-state index is 0.100. The number of benzene rings is 1. The molecule has 1 aromatic heterocycles. The number of nitrogens with zero attached hydrogens (tertiary/aromatic N) is 2. The number of fused-ring (bicyclic) bond motifs is 1. The molecule has 0 bridgehead atoms. The van der Waals surface area contributed by atoms with Crippen molar-refractivity contribution in [1.29, 1.82) is 5.26 Å². The van der Waals surface area contributed by atoms with E-state index in [1.807, 2.05) is 0 Å². The van der Waals surface area contributed by atoms with Crippen LogP contribution in [0.25, 0.3) is 0 Å². The van der Waals surface area contributed by atoms with E-state index in [2.05, 4.69) is 27.3 Å². The second kappa shape index (κ2) is 8.79. The number of anilines is 1. The average molecular weight is 508 g/mol. The van der Waals surface area contributed by atoms with E-state index in [1.54, 1.807) is 12.1 Å². The summed E-state index contributed by atoms with van der Waals surface area (Å²) in [4.78, 5) is 14.2. The molecule has 1 aliphatic heterocycles. The van der Waals surface area contributed by atoms with Crippen LogP contribution in [-0.4, -0.2) is 31.7 Å². The maximum Gasteiger partial charge on any atom is 0.256 e. The lowest BCUT2D eigenvalue weighted by atomic mass is 9.96. The number of piperidine rings is 1. The summed E-state index contributed by atoms with van der Waals surface area (Å²) in [5, 5.41) is 13.0. The molecular formula is C21H22BrN3O3S2. The minimum atomic E-state index is -3.68. The molecular weight excluding hydrogens is 486 g/mol. The van der Waals surface area contributed by atoms with Gasteiger partial charge < -0.3 is 5.32 Å². The van der Waals surface area contributed by atoms with Crippen molar-refractivity contribution in [2.75, 3.05) is 18.4 Å². The molecule has 0 spiro atoms. The molecule has 0 radical (unpaired) electrons. The van der Waals surface area contributed by atoms with Crippen LogP contribution in [0.15, 0.2) is 27.6 Å². The van der Waals surface area contributed by atoms with Gasteiger partial charge in [-0.05, 0) is 78.2 Å². The highest BCUT2D eigenvalue weighted by Crippen LogP contribution is 2.38. The van der Waals surface area contributed by atoms with Crippen LogP contribution in [0.3, 0.4) is 0 Å². The fourth-order valence-electron chi connectivity index (χ4n) is 4.03. The lowest BCUT2D eigenvalue weighted by Gasteiger charge is -2.26. The van der Waals surface area contributed by atoms with Crippen LogP contribution < -0.4 is 5.32 Å². The van der Waals surface area contributed by atoms with Gasteiger partial charge in [0.25, 0.3) is 5.91 Å². The van der Waals surface area contributed by atoms with E-state index in [0.29, 0.717) is 28.1 Å². The standard InChI is InChI=1S/C21H22BrN3O3S2/c22-17-9-8-14(12-19(17)30(27,28)25-10-4-1-5-11-25)20(26)24-21-16(13-23)15-6-2-3-7-18(15)29-21/h8-9,12H,1-7,10-11H2,(H,24,26). The molecule has 1 saturated heterocycles. The molecule has 1 amide bonds. The van der Waals surface area contributed by atoms with Crippen LogP contribution in [-0.2, 0) is 22.9 Å². The van der Waals surface area contributed by atoms with Crippen molar-refractivity contribution in [2.24, 2.45) is 0 Å². The second-order valence-corrected chi connectivity index (χ2v) is 11.5. The van der Waals surface area contributed by atoms with E-state index in [4.69, 9.17) is 0 Å². The Balaban J connectivity index is 1.62. The summed E-state index contributed by atoms with van der Waals surface area (Å²) in [6.45, 7) is 0.995. The number of amides is 1. The SMILES string of the molecule is N#Cc1c(NC(=O)c2ccc(Br)c(S(=O)(=O)N3CCCCC3)c2)sc2c1CCCC2. The molecule has 4 rings (SSSR count). The van der Waals surface area contributed by atoms with Gasteiger partial charge in [-0.15, -0.1) is 11.3 Å². The molecule has 2 aromatic rings. The molecule has 0 saturated carbocycles. The van der Waals surface area contributed by atoms with Crippen molar-refractivity contribution in [3.8, 4) is 6.07 Å². The van der Waals surface area contributed by atoms with Gasteiger partial charge in [0, 0.05) is 28.0 Å². The van der Waals surface area contributed by atoms with Crippen LogP contribution in [0.5, 0.6) is 0 Å². The molecule has 2 aliphatic rings. The first-order valence-corrected chi connectivity index (χ1v) is 13.1. The van der Waals surface area contributed by atoms with Gasteiger partial charge in [-0.1, -0.05) is 6.42 Å². The summed E-state index contributed by atoms with van der Waals surface area (Å²) >= 11 is 4.79. The van der Waals surface area contributed by atoms with E-state index in [0.717, 1.165) is 55.4 Å². The molecule has 0 atom stereocenters. The van der Waals surface area contributed by atoms with Crippen LogP contribution in [0.4, 0.5) is 5.00 Å². The third-order valence-corrected chi connectivity index (χ3v) is 9.74. The largest absolute Gasteiger partial charge is 0.312 e. The first-order valence-electron chi connectivity index (χ1n) is 10.1. The number of aryl methyl sites for hydroxylation is 1. The summed E-state index contributed by atoms with van der Waals surface area (Å²) in [6, 6.07) is 6.84. The quantitative estimate of drug-likeness (QED) is 0.649. The molecule has 6 nitrogen and oxygen atoms in total. The Morgan fingerprint density at radius 3 is 2.60 bits per heavy atom. The molecule has 158 valence electrons. The Labute approximate surface area is 189 Å². The predicted octanol–water partition coefficient (Wildman–Crippen LogP) is 4.69. The average Bonchev–Trinajstić information content (AvgIpc) is 3.11. The molecule has 1 fully saturated rings. The number of hydrogen-bond acceptors (Lipinski definition) is 5. The summed E-state index contributed by atoms with van der Waals surface area (Å²) in [5.74, 6) is -0.410. The summed E-state index contributed by atoms with van der Waals surface area (Å²) in [6.07, 6.45) is 6.66. The van der Waals surface area contributed by atoms with Crippen molar-refractivity contribution in [1.82, 2.24) is 4.31 Å². The summed E-state index contributed by atoms with van der Waals surface area (Å²) in [5.41, 5.74) is 1.85. The van der Waals surface area contributed by atoms with Crippen LogP contribution in [0.1, 0.15) is 58.5 Å². The molecule has 1 aromatic carbocycles. The third kappa shape index (κ3) is 4.06. The molecule has 1 aliphatic carbocycles. The number of carbonyl (C=O) groups is 1. The van der Waals surface area contributed by atoms with E-state index in [-0.39, 0.29) is 10.5 Å². The molecule has 0 unspecified atom stereocenters. The van der Waals surface area contributed by atoms with Crippen molar-refractivity contribution in [3.63, 3.8) is 0 Å². The number of nitrogens with one attached hydrogen (secondary N) is 1. The van der Waals surface area contributed by atoms with Gasteiger partial charge in [0.15, 0.2) is 0 Å². The molecule has 1 N–H and O–H groups in total. The van der Waals surface area contributed by atoms with Gasteiger partial charge in [0.05, 0.1) is 10.5 Å². The Morgan fingerprint density at radius 2 is 1.87 bits per heavy atom. The smallest absolute Gasteiger partial charge is 0.256 e. The van der Waals surface area contributed by atoms with Gasteiger partial charge >= 0.3 is 0 Å². The zero-order chi connectivity index (χ0) is 21.3. The predicted molar refractivity (Wildman–Crippen MR) is 120 cm³/mol. The summed E-state index contributed by atoms with van der Waals surface area (Å²) < 4.78 is 28.1. The Kier molecular flexibility index (Phi) is 6.30. The Morgan fingerprint density at radius 1 is 1.13 bits per heavy atom. The van der Waals surface area contributed by atoms with Gasteiger partial charge in [-0.25, -0.2) is 8.42 Å². The third-order valence-electron chi connectivity index (χ3n) is 5.64. The van der Waals surface area contributed by atoms with Crippen molar-refractivity contribution in [3.05, 3.63) is 44.2 Å². The lowest BCUT2D eigenvalue weighted by molar-refractivity contribution is 0.102. The number of nitriles is 1. The Bertz CT molecular complexity index is 1130. The fourth-order valence-corrected chi connectivity index (χ4v) is 7.74. The summed E-state index contributed by atoms with van der Waals surface area (Å²) in [7, 11) is -3.68. The maximum absolute atomic E-state index is 13.1. The highest BCUT2D eigenvalue weighted by Gasteiger charge is 2.29. The van der Waals surface area contributed by atoms with E-state index >= 15 is 0 Å². The van der Waals surface area contributed by atoms with Gasteiger partial charge in [-0.3, -0.25) is 4.79 Å². The zero-order valence-electron chi connectivity index (χ0n) is 16.4. The first kappa shape index (κ1) is 21.5. The topological polar surface area (TPSA) is 90.3 Å². The highest BCUT2D eigenvalue weighted by molar-refractivity contribution is 9.10. The maximum atomic E-state index is 13.1. The number of rotatable bonds is 4. The molecule has 9 heteroatoms. The zero-order valence-corrected chi connectivity index (χ0v) is 19.6. The monoisotopic (exact) mass is 507 g/mol. The van der Waals surface area contributed by atoms with Crippen LogP contribution in [0, 0.1) is 11.3 Å². The first-order chi connectivity index (χ1) is 14.4. The second-order valence-electron chi connectivity index (χ2n) is 7.59. The van der Waals surface area contributed by atoms with E-state index in [9.17, 15) is 18.5 Å². The van der Waals surface area contributed by atoms with Crippen molar-refractivity contribution < 1.29 is 13.2 Å². The molecule has 2 heterocycles. The number of hydrogen-bond donors (Lipinski definition) is 1. The van der Waals surface area contributed by atoms with Gasteiger partial charge in [-0.2, -0.15) is 9.57 Å². The fraction of sp³-hybridized carbons (Fsp3) is 0.429. The van der Waals surface area contributed by atoms with E-state index < -0.39 is 15.9 Å². The van der Waals surface area contributed by atoms with Crippen molar-refractivity contribution in [2.45, 2.75) is 49.8 Å². The van der Waals surface area contributed by atoms with Crippen LogP contribution >= 0.6 is 27.3 Å². The number of sulfonamides is 1. The number of halogens is 1.